The number of hydrogen-bond acceptors (Lipinski definition) is 5. The molecule has 2 rings (SSSR count). The van der Waals surface area contributed by atoms with E-state index in [0.717, 1.165) is 0 Å². The number of halogens is 1. The smallest absolute Gasteiger partial charge is 0.241 e. The summed E-state index contributed by atoms with van der Waals surface area (Å²) in [5.41, 5.74) is 0.576. The normalized spacial score (nSPS) is 12.0. The molecule has 1 heterocycles. The van der Waals surface area contributed by atoms with E-state index in [-0.39, 0.29) is 17.5 Å². The first kappa shape index (κ1) is 13.2. The van der Waals surface area contributed by atoms with Crippen LogP contribution in [0, 0.1) is 5.82 Å². The van der Waals surface area contributed by atoms with Gasteiger partial charge in [-0.2, -0.15) is 4.98 Å². The Morgan fingerprint density at radius 3 is 2.68 bits per heavy atom. The Hall–Kier alpha value is -2.21. The van der Waals surface area contributed by atoms with Crippen molar-refractivity contribution in [1.82, 2.24) is 9.97 Å². The summed E-state index contributed by atoms with van der Waals surface area (Å²) in [6.07, 6.45) is 0.240. The van der Waals surface area contributed by atoms with Gasteiger partial charge in [0.25, 0.3) is 0 Å². The summed E-state index contributed by atoms with van der Waals surface area (Å²) in [5.74, 6) is -0.0276. The Balaban J connectivity index is 2.40. The Labute approximate surface area is 109 Å². The Kier molecular flexibility index (Phi) is 3.91. The van der Waals surface area contributed by atoms with Crippen molar-refractivity contribution in [2.75, 3.05) is 14.2 Å². The van der Waals surface area contributed by atoms with E-state index >= 15 is 0 Å². The minimum atomic E-state index is -1.12. The van der Waals surface area contributed by atoms with Crippen LogP contribution in [0.3, 0.4) is 0 Å². The first-order chi connectivity index (χ1) is 9.15. The largest absolute Gasteiger partial charge is 0.480 e. The van der Waals surface area contributed by atoms with Crippen molar-refractivity contribution in [3.63, 3.8) is 0 Å². The van der Waals surface area contributed by atoms with Gasteiger partial charge in [0.05, 0.1) is 20.4 Å². The zero-order chi connectivity index (χ0) is 13.8. The molecule has 1 atom stereocenters. The molecule has 0 saturated heterocycles. The summed E-state index contributed by atoms with van der Waals surface area (Å²) in [4.78, 5) is 8.06. The average Bonchev–Trinajstić information content (AvgIpc) is 2.45. The molecule has 0 saturated carbocycles. The second kappa shape index (κ2) is 5.62. The molecule has 0 aliphatic carbocycles. The van der Waals surface area contributed by atoms with Gasteiger partial charge < -0.3 is 14.6 Å². The second-order valence-electron chi connectivity index (χ2n) is 3.76. The number of aliphatic hydroxyl groups is 1. The minimum absolute atomic E-state index is 0.135. The SMILES string of the molecule is COc1cnc(C(O)c2cccc(F)c2)c(OC)n1. The van der Waals surface area contributed by atoms with Gasteiger partial charge in [-0.05, 0) is 17.7 Å². The maximum atomic E-state index is 13.1. The van der Waals surface area contributed by atoms with Crippen LogP contribution in [0.2, 0.25) is 0 Å². The number of ether oxygens (including phenoxy) is 2. The summed E-state index contributed by atoms with van der Waals surface area (Å²) < 4.78 is 23.1. The van der Waals surface area contributed by atoms with Gasteiger partial charge in [-0.1, -0.05) is 12.1 Å². The lowest BCUT2D eigenvalue weighted by molar-refractivity contribution is 0.206. The highest BCUT2D eigenvalue weighted by atomic mass is 19.1. The molecular weight excluding hydrogens is 251 g/mol. The number of rotatable bonds is 4. The van der Waals surface area contributed by atoms with Crippen molar-refractivity contribution in [1.29, 1.82) is 0 Å². The first-order valence-electron chi connectivity index (χ1n) is 5.54. The molecule has 0 bridgehead atoms. The van der Waals surface area contributed by atoms with Crippen LogP contribution in [-0.4, -0.2) is 29.3 Å². The van der Waals surface area contributed by atoms with E-state index in [9.17, 15) is 9.50 Å². The van der Waals surface area contributed by atoms with Gasteiger partial charge in [0.1, 0.15) is 17.6 Å². The fourth-order valence-corrected chi connectivity index (χ4v) is 1.64. The van der Waals surface area contributed by atoms with E-state index in [4.69, 9.17) is 9.47 Å². The molecule has 0 aliphatic rings. The van der Waals surface area contributed by atoms with Crippen molar-refractivity contribution < 1.29 is 19.0 Å². The molecule has 0 radical (unpaired) electrons. The summed E-state index contributed by atoms with van der Waals surface area (Å²) in [6, 6.07) is 5.64. The van der Waals surface area contributed by atoms with Crippen LogP contribution in [0.25, 0.3) is 0 Å². The van der Waals surface area contributed by atoms with E-state index < -0.39 is 11.9 Å². The molecule has 19 heavy (non-hydrogen) atoms. The summed E-state index contributed by atoms with van der Waals surface area (Å²) in [6.45, 7) is 0. The first-order valence-corrected chi connectivity index (χ1v) is 5.54. The molecule has 0 spiro atoms. The number of benzene rings is 1. The number of aliphatic hydroxyl groups excluding tert-OH is 1. The highest BCUT2D eigenvalue weighted by Crippen LogP contribution is 2.28. The lowest BCUT2D eigenvalue weighted by Crippen LogP contribution is -2.07. The van der Waals surface area contributed by atoms with Crippen LogP contribution >= 0.6 is 0 Å². The second-order valence-corrected chi connectivity index (χ2v) is 3.76. The predicted octanol–water partition coefficient (Wildman–Crippen LogP) is 1.71. The van der Waals surface area contributed by atoms with Crippen molar-refractivity contribution in [2.45, 2.75) is 6.10 Å². The van der Waals surface area contributed by atoms with Crippen LogP contribution in [0.1, 0.15) is 17.4 Å². The molecule has 1 unspecified atom stereocenters. The van der Waals surface area contributed by atoms with Crippen LogP contribution < -0.4 is 9.47 Å². The molecule has 0 aliphatic heterocycles. The molecule has 1 N–H and O–H groups in total. The average molecular weight is 264 g/mol. The topological polar surface area (TPSA) is 64.5 Å². The molecular formula is C13H13FN2O3. The van der Waals surface area contributed by atoms with Crippen LogP contribution in [0.15, 0.2) is 30.5 Å². The van der Waals surface area contributed by atoms with Gasteiger partial charge in [-0.25, -0.2) is 9.37 Å². The maximum Gasteiger partial charge on any atom is 0.241 e. The van der Waals surface area contributed by atoms with Gasteiger partial charge in [-0.3, -0.25) is 0 Å². The molecule has 1 aromatic heterocycles. The molecule has 0 fully saturated rings. The van der Waals surface area contributed by atoms with E-state index in [2.05, 4.69) is 9.97 Å². The predicted molar refractivity (Wildman–Crippen MR) is 65.6 cm³/mol. The third kappa shape index (κ3) is 2.79. The standard InChI is InChI=1S/C13H13FN2O3/c1-18-10-7-15-11(13(16-10)19-2)12(17)8-4-3-5-9(14)6-8/h3-7,12,17H,1-2H3. The van der Waals surface area contributed by atoms with E-state index in [1.165, 1.54) is 38.6 Å². The van der Waals surface area contributed by atoms with Crippen molar-refractivity contribution in [3.05, 3.63) is 47.5 Å². The molecule has 1 aromatic carbocycles. The monoisotopic (exact) mass is 264 g/mol. The summed E-state index contributed by atoms with van der Waals surface area (Å²) >= 11 is 0. The third-order valence-corrected chi connectivity index (χ3v) is 2.57. The minimum Gasteiger partial charge on any atom is -0.480 e. The third-order valence-electron chi connectivity index (χ3n) is 2.57. The van der Waals surface area contributed by atoms with Crippen molar-refractivity contribution in [2.24, 2.45) is 0 Å². The zero-order valence-corrected chi connectivity index (χ0v) is 10.5. The lowest BCUT2D eigenvalue weighted by atomic mass is 10.1. The highest BCUT2D eigenvalue weighted by molar-refractivity contribution is 5.32. The Morgan fingerprint density at radius 1 is 1.26 bits per heavy atom. The van der Waals surface area contributed by atoms with Crippen LogP contribution in [0.5, 0.6) is 11.8 Å². The molecule has 0 amide bonds. The molecule has 5 nitrogen and oxygen atoms in total. The molecule has 100 valence electrons. The van der Waals surface area contributed by atoms with E-state index in [1.807, 2.05) is 0 Å². The fourth-order valence-electron chi connectivity index (χ4n) is 1.64. The number of methoxy groups -OCH3 is 2. The Bertz CT molecular complexity index is 578. The van der Waals surface area contributed by atoms with E-state index in [1.54, 1.807) is 6.07 Å². The summed E-state index contributed by atoms with van der Waals surface area (Å²) in [7, 11) is 2.86. The van der Waals surface area contributed by atoms with Crippen molar-refractivity contribution in [3.8, 4) is 11.8 Å². The van der Waals surface area contributed by atoms with Crippen LogP contribution in [-0.2, 0) is 0 Å². The van der Waals surface area contributed by atoms with Gasteiger partial charge >= 0.3 is 0 Å². The molecule has 2 aromatic rings. The van der Waals surface area contributed by atoms with Crippen LogP contribution in [0.4, 0.5) is 4.39 Å². The highest BCUT2D eigenvalue weighted by Gasteiger charge is 2.19. The van der Waals surface area contributed by atoms with Gasteiger partial charge in [0.2, 0.25) is 11.8 Å². The Morgan fingerprint density at radius 2 is 2.05 bits per heavy atom. The van der Waals surface area contributed by atoms with E-state index in [0.29, 0.717) is 5.56 Å². The number of nitrogens with zero attached hydrogens (tertiary/aromatic N) is 2. The molecule has 6 heteroatoms. The maximum absolute atomic E-state index is 13.1. The number of hydrogen-bond donors (Lipinski definition) is 1. The van der Waals surface area contributed by atoms with Gasteiger partial charge in [-0.15, -0.1) is 0 Å². The van der Waals surface area contributed by atoms with Gasteiger partial charge in [0.15, 0.2) is 0 Å². The lowest BCUT2D eigenvalue weighted by Gasteiger charge is -2.13. The number of aromatic nitrogens is 2. The fraction of sp³-hybridized carbons (Fsp3) is 0.231. The van der Waals surface area contributed by atoms with Gasteiger partial charge in [0, 0.05) is 0 Å². The quantitative estimate of drug-likeness (QED) is 0.910. The zero-order valence-electron chi connectivity index (χ0n) is 10.5. The summed E-state index contributed by atoms with van der Waals surface area (Å²) in [5, 5.41) is 10.2. The van der Waals surface area contributed by atoms with Crippen molar-refractivity contribution >= 4 is 0 Å².